The average molecular weight is 441 g/mol. The Morgan fingerprint density at radius 3 is 2.29 bits per heavy atom. The Hall–Kier alpha value is -2.94. The molecule has 0 saturated carbocycles. The number of carbonyl (C=O) groups is 1. The van der Waals surface area contributed by atoms with E-state index >= 15 is 0 Å². The van der Waals surface area contributed by atoms with Gasteiger partial charge in [0, 0.05) is 51.2 Å². The fourth-order valence-corrected chi connectivity index (χ4v) is 5.12. The van der Waals surface area contributed by atoms with Crippen molar-refractivity contribution in [3.63, 3.8) is 0 Å². The molecule has 0 bridgehead atoms. The maximum Gasteiger partial charge on any atom is 0.271 e. The van der Waals surface area contributed by atoms with Crippen LogP contribution in [0.1, 0.15) is 29.8 Å². The minimum absolute atomic E-state index is 0.00141. The zero-order chi connectivity index (χ0) is 21.2. The van der Waals surface area contributed by atoms with Crippen LogP contribution < -0.4 is 9.80 Å². The maximum atomic E-state index is 13.2. The van der Waals surface area contributed by atoms with Gasteiger partial charge in [-0.2, -0.15) is 0 Å². The molecule has 3 aromatic rings. The number of piperazine rings is 1. The first kappa shape index (κ1) is 20.0. The van der Waals surface area contributed by atoms with Crippen LogP contribution in [-0.2, 0) is 0 Å². The van der Waals surface area contributed by atoms with Crippen LogP contribution in [0, 0.1) is 5.82 Å². The minimum atomic E-state index is -0.238. The van der Waals surface area contributed by atoms with Gasteiger partial charge in [-0.25, -0.2) is 4.39 Å². The summed E-state index contributed by atoms with van der Waals surface area (Å²) in [5.41, 5.74) is 1.59. The summed E-state index contributed by atoms with van der Waals surface area (Å²) in [4.78, 5) is 19.6. The summed E-state index contributed by atoms with van der Waals surface area (Å²) in [5.74, 6) is -0.239. The number of carbonyl (C=O) groups excluding carboxylic acids is 1. The Bertz CT molecular complexity index is 1030. The highest BCUT2D eigenvalue weighted by Gasteiger charge is 2.25. The molecule has 0 atom stereocenters. The molecule has 5 rings (SSSR count). The Morgan fingerprint density at radius 2 is 1.55 bits per heavy atom. The maximum absolute atomic E-state index is 13.2. The molecule has 2 aliphatic rings. The highest BCUT2D eigenvalue weighted by Crippen LogP contribution is 2.27. The minimum Gasteiger partial charge on any atom is -0.368 e. The molecule has 162 valence electrons. The number of anilines is 2. The van der Waals surface area contributed by atoms with Gasteiger partial charge in [-0.3, -0.25) is 9.36 Å². The topological polar surface area (TPSA) is 57.5 Å². The van der Waals surface area contributed by atoms with Crippen LogP contribution in [0.2, 0.25) is 0 Å². The largest absolute Gasteiger partial charge is 0.368 e. The molecule has 7 nitrogen and oxygen atoms in total. The lowest BCUT2D eigenvalue weighted by Crippen LogP contribution is -2.49. The number of aromatic nitrogens is 3. The second-order valence-electron chi connectivity index (χ2n) is 7.93. The van der Waals surface area contributed by atoms with Crippen LogP contribution in [0.25, 0.3) is 5.13 Å². The molecule has 1 amide bonds. The molecule has 9 heteroatoms. The van der Waals surface area contributed by atoms with E-state index in [9.17, 15) is 9.18 Å². The second kappa shape index (κ2) is 8.66. The van der Waals surface area contributed by atoms with Crippen LogP contribution in [0.4, 0.5) is 15.2 Å². The SMILES string of the molecule is O=C(c1cccn1-c1nnc(N2CCCCC2)s1)N1CCN(c2ccc(F)cc2)CC1. The molecule has 2 aromatic heterocycles. The van der Waals surface area contributed by atoms with Crippen molar-refractivity contribution in [2.45, 2.75) is 19.3 Å². The summed E-state index contributed by atoms with van der Waals surface area (Å²) in [7, 11) is 0. The van der Waals surface area contributed by atoms with Gasteiger partial charge in [0.05, 0.1) is 0 Å². The van der Waals surface area contributed by atoms with Crippen molar-refractivity contribution < 1.29 is 9.18 Å². The third-order valence-electron chi connectivity index (χ3n) is 5.96. The van der Waals surface area contributed by atoms with Crippen molar-refractivity contribution in [1.82, 2.24) is 19.7 Å². The molecule has 0 unspecified atom stereocenters. The Balaban J connectivity index is 1.27. The van der Waals surface area contributed by atoms with E-state index in [0.29, 0.717) is 18.8 Å². The number of hydrogen-bond acceptors (Lipinski definition) is 6. The normalized spacial score (nSPS) is 17.3. The van der Waals surface area contributed by atoms with Crippen LogP contribution in [0.15, 0.2) is 42.6 Å². The van der Waals surface area contributed by atoms with E-state index in [4.69, 9.17) is 0 Å². The van der Waals surface area contributed by atoms with E-state index in [1.165, 1.54) is 42.7 Å². The van der Waals surface area contributed by atoms with E-state index < -0.39 is 0 Å². The van der Waals surface area contributed by atoms with Crippen LogP contribution in [0.5, 0.6) is 0 Å². The predicted molar refractivity (Wildman–Crippen MR) is 120 cm³/mol. The van der Waals surface area contributed by atoms with E-state index in [0.717, 1.165) is 42.1 Å². The molecule has 0 spiro atoms. The standard InChI is InChI=1S/C22H25FN6OS/c23-17-6-8-18(9-7-17)26-13-15-27(16-14-26)20(30)19-5-4-12-29(19)22-25-24-21(31-22)28-10-2-1-3-11-28/h4-9,12H,1-3,10-11,13-16H2. The Morgan fingerprint density at radius 1 is 0.839 bits per heavy atom. The molecule has 4 heterocycles. The molecule has 1 aromatic carbocycles. The highest BCUT2D eigenvalue weighted by atomic mass is 32.1. The van der Waals surface area contributed by atoms with Crippen molar-refractivity contribution in [2.24, 2.45) is 0 Å². The number of amides is 1. The van der Waals surface area contributed by atoms with Gasteiger partial charge in [0.2, 0.25) is 10.3 Å². The van der Waals surface area contributed by atoms with Crippen LogP contribution >= 0.6 is 11.3 Å². The van der Waals surface area contributed by atoms with Gasteiger partial charge >= 0.3 is 0 Å². The third kappa shape index (κ3) is 4.14. The fraction of sp³-hybridized carbons (Fsp3) is 0.409. The Kier molecular flexibility index (Phi) is 5.59. The van der Waals surface area contributed by atoms with E-state index in [1.54, 1.807) is 12.1 Å². The monoisotopic (exact) mass is 440 g/mol. The summed E-state index contributed by atoms with van der Waals surface area (Å²) < 4.78 is 15.0. The third-order valence-corrected chi connectivity index (χ3v) is 6.95. The lowest BCUT2D eigenvalue weighted by molar-refractivity contribution is 0.0739. The lowest BCUT2D eigenvalue weighted by atomic mass is 10.1. The van der Waals surface area contributed by atoms with Gasteiger partial charge in [-0.05, 0) is 55.7 Å². The number of benzene rings is 1. The second-order valence-corrected chi connectivity index (χ2v) is 8.87. The molecule has 2 fully saturated rings. The summed E-state index contributed by atoms with van der Waals surface area (Å²) in [6, 6.07) is 10.2. The summed E-state index contributed by atoms with van der Waals surface area (Å²) in [6.45, 7) is 4.72. The van der Waals surface area contributed by atoms with Gasteiger partial charge in [-0.15, -0.1) is 10.2 Å². The summed E-state index contributed by atoms with van der Waals surface area (Å²) in [5, 5.41) is 10.4. The first-order valence-corrected chi connectivity index (χ1v) is 11.6. The van der Waals surface area contributed by atoms with Crippen molar-refractivity contribution in [3.8, 4) is 5.13 Å². The zero-order valence-electron chi connectivity index (χ0n) is 17.3. The lowest BCUT2D eigenvalue weighted by Gasteiger charge is -2.36. The molecule has 0 aliphatic carbocycles. The van der Waals surface area contributed by atoms with Gasteiger partial charge in [-0.1, -0.05) is 11.3 Å². The molecular weight excluding hydrogens is 415 g/mol. The predicted octanol–water partition coefficient (Wildman–Crippen LogP) is 3.42. The van der Waals surface area contributed by atoms with Gasteiger partial charge in [0.15, 0.2) is 0 Å². The summed E-state index contributed by atoms with van der Waals surface area (Å²) in [6.07, 6.45) is 5.52. The number of hydrogen-bond donors (Lipinski definition) is 0. The molecule has 0 radical (unpaired) electrons. The number of piperidine rings is 1. The molecule has 2 saturated heterocycles. The number of rotatable bonds is 4. The van der Waals surface area contributed by atoms with Crippen LogP contribution in [0.3, 0.4) is 0 Å². The number of nitrogens with zero attached hydrogens (tertiary/aromatic N) is 6. The fourth-order valence-electron chi connectivity index (χ4n) is 4.22. The molecule has 31 heavy (non-hydrogen) atoms. The summed E-state index contributed by atoms with van der Waals surface area (Å²) >= 11 is 1.53. The van der Waals surface area contributed by atoms with Gasteiger partial charge in [0.25, 0.3) is 5.91 Å². The smallest absolute Gasteiger partial charge is 0.271 e. The van der Waals surface area contributed by atoms with Crippen molar-refractivity contribution >= 4 is 28.1 Å². The first-order valence-electron chi connectivity index (χ1n) is 10.7. The van der Waals surface area contributed by atoms with Crippen LogP contribution in [-0.4, -0.2) is 64.8 Å². The first-order chi connectivity index (χ1) is 15.2. The van der Waals surface area contributed by atoms with Gasteiger partial charge in [0.1, 0.15) is 11.5 Å². The molecule has 2 aliphatic heterocycles. The van der Waals surface area contributed by atoms with E-state index in [2.05, 4.69) is 20.0 Å². The van der Waals surface area contributed by atoms with E-state index in [1.807, 2.05) is 27.8 Å². The van der Waals surface area contributed by atoms with E-state index in [-0.39, 0.29) is 11.7 Å². The molecular formula is C22H25FN6OS. The molecule has 0 N–H and O–H groups in total. The number of halogens is 1. The van der Waals surface area contributed by atoms with Gasteiger partial charge < -0.3 is 14.7 Å². The average Bonchev–Trinajstić information content (AvgIpc) is 3.50. The Labute approximate surface area is 184 Å². The zero-order valence-corrected chi connectivity index (χ0v) is 18.1. The quantitative estimate of drug-likeness (QED) is 0.622. The van der Waals surface area contributed by atoms with Crippen molar-refractivity contribution in [2.75, 3.05) is 49.1 Å². The van der Waals surface area contributed by atoms with Crippen molar-refractivity contribution in [1.29, 1.82) is 0 Å². The highest BCUT2D eigenvalue weighted by molar-refractivity contribution is 7.17. The van der Waals surface area contributed by atoms with Crippen molar-refractivity contribution in [3.05, 3.63) is 54.1 Å².